The average molecular weight is 297 g/mol. The predicted molar refractivity (Wildman–Crippen MR) is 88.8 cm³/mol. The molecule has 0 spiro atoms. The van der Waals surface area contributed by atoms with E-state index in [1.807, 2.05) is 42.5 Å². The molecule has 3 heteroatoms. The Morgan fingerprint density at radius 3 is 2.50 bits per heavy atom. The number of carbonyl (C=O) groups excluding carboxylic acids is 1. The number of methoxy groups -OCH3 is 1. The number of carbonyl (C=O) groups is 1. The van der Waals surface area contributed by atoms with Crippen molar-refractivity contribution < 1.29 is 9.53 Å². The number of esters is 1. The number of nitrogens with two attached hydrogens (primary N) is 1. The van der Waals surface area contributed by atoms with Gasteiger partial charge in [-0.15, -0.1) is 0 Å². The van der Waals surface area contributed by atoms with E-state index in [1.165, 1.54) is 12.7 Å². The third-order valence-corrected chi connectivity index (χ3v) is 3.78. The fraction of sp³-hybridized carbons (Fsp3) is 0.316. The zero-order chi connectivity index (χ0) is 15.8. The Bertz CT molecular complexity index is 595. The standard InChI is InChI=1S/C19H23NO2/c1-22-19(21)18-13-6-5-10-16(18)11-7-12-17(20)14-15-8-3-2-4-9-15/h2-6,8-10,13,17H,7,11-12,14,20H2,1H3. The quantitative estimate of drug-likeness (QED) is 0.797. The highest BCUT2D eigenvalue weighted by Gasteiger charge is 2.11. The molecule has 1 unspecified atom stereocenters. The Labute approximate surface area is 132 Å². The summed E-state index contributed by atoms with van der Waals surface area (Å²) in [5, 5.41) is 0. The highest BCUT2D eigenvalue weighted by atomic mass is 16.5. The van der Waals surface area contributed by atoms with Crippen molar-refractivity contribution in [1.82, 2.24) is 0 Å². The van der Waals surface area contributed by atoms with Crippen molar-refractivity contribution in [2.75, 3.05) is 7.11 Å². The van der Waals surface area contributed by atoms with Gasteiger partial charge in [-0.2, -0.15) is 0 Å². The van der Waals surface area contributed by atoms with Crippen molar-refractivity contribution >= 4 is 5.97 Å². The molecule has 0 aliphatic heterocycles. The fourth-order valence-electron chi connectivity index (χ4n) is 2.62. The summed E-state index contributed by atoms with van der Waals surface area (Å²) in [6.45, 7) is 0. The van der Waals surface area contributed by atoms with Crippen molar-refractivity contribution in [2.24, 2.45) is 5.73 Å². The number of hydrogen-bond acceptors (Lipinski definition) is 3. The van der Waals surface area contributed by atoms with Gasteiger partial charge in [0.05, 0.1) is 12.7 Å². The second-order valence-corrected chi connectivity index (χ2v) is 5.49. The van der Waals surface area contributed by atoms with Crippen LogP contribution in [0.2, 0.25) is 0 Å². The van der Waals surface area contributed by atoms with Gasteiger partial charge in [0.2, 0.25) is 0 Å². The van der Waals surface area contributed by atoms with Crippen LogP contribution in [0.5, 0.6) is 0 Å². The van der Waals surface area contributed by atoms with Crippen LogP contribution >= 0.6 is 0 Å². The summed E-state index contributed by atoms with van der Waals surface area (Å²) in [7, 11) is 1.41. The first-order valence-corrected chi connectivity index (χ1v) is 7.66. The minimum Gasteiger partial charge on any atom is -0.465 e. The molecule has 2 N–H and O–H groups in total. The summed E-state index contributed by atoms with van der Waals surface area (Å²) in [4.78, 5) is 11.7. The van der Waals surface area contributed by atoms with Crippen molar-refractivity contribution in [2.45, 2.75) is 31.7 Å². The molecule has 0 aliphatic carbocycles. The van der Waals surface area contributed by atoms with Crippen LogP contribution in [0.3, 0.4) is 0 Å². The van der Waals surface area contributed by atoms with Crippen LogP contribution in [0.25, 0.3) is 0 Å². The largest absolute Gasteiger partial charge is 0.465 e. The highest BCUT2D eigenvalue weighted by Crippen LogP contribution is 2.14. The van der Waals surface area contributed by atoms with Gasteiger partial charge in [0.25, 0.3) is 0 Å². The normalized spacial score (nSPS) is 11.9. The highest BCUT2D eigenvalue weighted by molar-refractivity contribution is 5.90. The van der Waals surface area contributed by atoms with E-state index < -0.39 is 0 Å². The molecule has 0 heterocycles. The van der Waals surface area contributed by atoms with Gasteiger partial charge in [-0.05, 0) is 42.9 Å². The molecule has 2 aromatic carbocycles. The molecule has 0 saturated carbocycles. The number of aryl methyl sites for hydroxylation is 1. The number of ether oxygens (including phenoxy) is 1. The monoisotopic (exact) mass is 297 g/mol. The molecule has 2 aromatic rings. The first-order valence-electron chi connectivity index (χ1n) is 7.66. The molecule has 0 aliphatic rings. The molecular formula is C19H23NO2. The van der Waals surface area contributed by atoms with Crippen LogP contribution in [-0.2, 0) is 17.6 Å². The molecule has 0 aromatic heterocycles. The second kappa shape index (κ2) is 8.35. The Kier molecular flexibility index (Phi) is 6.16. The third-order valence-electron chi connectivity index (χ3n) is 3.78. The Morgan fingerprint density at radius 1 is 1.09 bits per heavy atom. The zero-order valence-electron chi connectivity index (χ0n) is 13.0. The first kappa shape index (κ1) is 16.2. The molecule has 0 saturated heterocycles. The van der Waals surface area contributed by atoms with Gasteiger partial charge in [-0.25, -0.2) is 4.79 Å². The van der Waals surface area contributed by atoms with E-state index in [0.717, 1.165) is 31.2 Å². The van der Waals surface area contributed by atoms with Crippen LogP contribution in [0, 0.1) is 0 Å². The molecule has 0 amide bonds. The van der Waals surface area contributed by atoms with E-state index in [1.54, 1.807) is 0 Å². The van der Waals surface area contributed by atoms with Gasteiger partial charge < -0.3 is 10.5 Å². The van der Waals surface area contributed by atoms with Crippen LogP contribution in [0.15, 0.2) is 54.6 Å². The molecule has 0 fully saturated rings. The smallest absolute Gasteiger partial charge is 0.338 e. The van der Waals surface area contributed by atoms with Gasteiger partial charge >= 0.3 is 5.97 Å². The van der Waals surface area contributed by atoms with Crippen LogP contribution in [-0.4, -0.2) is 19.1 Å². The van der Waals surface area contributed by atoms with Crippen molar-refractivity contribution in [3.8, 4) is 0 Å². The number of hydrogen-bond donors (Lipinski definition) is 1. The van der Waals surface area contributed by atoms with E-state index in [2.05, 4.69) is 12.1 Å². The molecule has 116 valence electrons. The summed E-state index contributed by atoms with van der Waals surface area (Å²) in [5.74, 6) is -0.274. The maximum atomic E-state index is 11.7. The third kappa shape index (κ3) is 4.71. The SMILES string of the molecule is COC(=O)c1ccccc1CCCC(N)Cc1ccccc1. The lowest BCUT2D eigenvalue weighted by molar-refractivity contribution is 0.0599. The minimum atomic E-state index is -0.274. The maximum Gasteiger partial charge on any atom is 0.338 e. The number of benzene rings is 2. The summed E-state index contributed by atoms with van der Waals surface area (Å²) < 4.78 is 4.82. The Balaban J connectivity index is 1.85. The summed E-state index contributed by atoms with van der Waals surface area (Å²) in [5.41, 5.74) is 9.15. The first-order chi connectivity index (χ1) is 10.7. The van der Waals surface area contributed by atoms with Gasteiger partial charge in [-0.3, -0.25) is 0 Å². The van der Waals surface area contributed by atoms with Gasteiger partial charge in [-0.1, -0.05) is 48.5 Å². The van der Waals surface area contributed by atoms with Crippen molar-refractivity contribution in [3.05, 3.63) is 71.3 Å². The van der Waals surface area contributed by atoms with E-state index in [9.17, 15) is 4.79 Å². The molecule has 1 atom stereocenters. The Morgan fingerprint density at radius 2 is 1.77 bits per heavy atom. The van der Waals surface area contributed by atoms with Crippen LogP contribution in [0.4, 0.5) is 0 Å². The van der Waals surface area contributed by atoms with Gasteiger partial charge in [0.15, 0.2) is 0 Å². The summed E-state index contributed by atoms with van der Waals surface area (Å²) in [6.07, 6.45) is 3.62. The molecular weight excluding hydrogens is 274 g/mol. The van der Waals surface area contributed by atoms with E-state index in [-0.39, 0.29) is 12.0 Å². The van der Waals surface area contributed by atoms with Crippen LogP contribution < -0.4 is 5.73 Å². The van der Waals surface area contributed by atoms with Crippen molar-refractivity contribution in [1.29, 1.82) is 0 Å². The Hall–Kier alpha value is -2.13. The summed E-state index contributed by atoms with van der Waals surface area (Å²) in [6, 6.07) is 18.0. The average Bonchev–Trinajstić information content (AvgIpc) is 2.55. The van der Waals surface area contributed by atoms with Crippen molar-refractivity contribution in [3.63, 3.8) is 0 Å². The minimum absolute atomic E-state index is 0.146. The fourth-order valence-corrected chi connectivity index (χ4v) is 2.62. The second-order valence-electron chi connectivity index (χ2n) is 5.49. The molecule has 22 heavy (non-hydrogen) atoms. The molecule has 0 bridgehead atoms. The van der Waals surface area contributed by atoms with E-state index >= 15 is 0 Å². The lowest BCUT2D eigenvalue weighted by Crippen LogP contribution is -2.22. The van der Waals surface area contributed by atoms with Gasteiger partial charge in [0, 0.05) is 6.04 Å². The predicted octanol–water partition coefficient (Wildman–Crippen LogP) is 3.37. The van der Waals surface area contributed by atoms with Crippen LogP contribution in [0.1, 0.15) is 34.3 Å². The lowest BCUT2D eigenvalue weighted by Gasteiger charge is -2.12. The van der Waals surface area contributed by atoms with E-state index in [4.69, 9.17) is 10.5 Å². The van der Waals surface area contributed by atoms with Gasteiger partial charge in [0.1, 0.15) is 0 Å². The topological polar surface area (TPSA) is 52.3 Å². The molecule has 3 nitrogen and oxygen atoms in total. The zero-order valence-corrected chi connectivity index (χ0v) is 13.0. The summed E-state index contributed by atoms with van der Waals surface area (Å²) >= 11 is 0. The number of rotatable bonds is 7. The molecule has 0 radical (unpaired) electrons. The molecule has 2 rings (SSSR count). The maximum absolute atomic E-state index is 11.7. The lowest BCUT2D eigenvalue weighted by atomic mass is 9.97. The van der Waals surface area contributed by atoms with E-state index in [0.29, 0.717) is 5.56 Å².